The normalized spacial score (nSPS) is 15.0. The lowest BCUT2D eigenvalue weighted by atomic mass is 9.75. The van der Waals surface area contributed by atoms with E-state index in [1.54, 1.807) is 28.4 Å². The van der Waals surface area contributed by atoms with Crippen LogP contribution in [0, 0.1) is 11.2 Å². The maximum Gasteiger partial charge on any atom is 0.227 e. The van der Waals surface area contributed by atoms with Crippen molar-refractivity contribution in [1.29, 1.82) is 0 Å². The number of benzene rings is 2. The van der Waals surface area contributed by atoms with E-state index in [1.807, 2.05) is 59.8 Å². The molecule has 1 saturated heterocycles. The first-order chi connectivity index (χ1) is 16.9. The van der Waals surface area contributed by atoms with E-state index in [-0.39, 0.29) is 17.6 Å². The van der Waals surface area contributed by atoms with Crippen LogP contribution in [-0.2, 0) is 22.6 Å². The van der Waals surface area contributed by atoms with Crippen LogP contribution >= 0.6 is 11.3 Å². The standard InChI is InChI=1S/C28H31FN2O3S/c1-30(20-22-6-3-2-4-7-22)27(33)19-28(21-34-24-11-9-23(29)10-12-24)13-15-31(16-14-28)26(32)18-25-8-5-17-35-25/h2-12,17H,13-16,18-21H2,1H3. The molecule has 4 rings (SSSR count). The molecule has 7 heteroatoms. The zero-order chi connectivity index (χ0) is 24.7. The molecule has 0 atom stereocenters. The van der Waals surface area contributed by atoms with Crippen molar-refractivity contribution in [2.75, 3.05) is 26.7 Å². The molecule has 1 aliphatic heterocycles. The summed E-state index contributed by atoms with van der Waals surface area (Å²) in [6.45, 7) is 2.07. The quantitative estimate of drug-likeness (QED) is 0.413. The van der Waals surface area contributed by atoms with Gasteiger partial charge in [0.2, 0.25) is 11.8 Å². The Hall–Kier alpha value is -3.19. The van der Waals surface area contributed by atoms with Gasteiger partial charge in [0, 0.05) is 43.4 Å². The van der Waals surface area contributed by atoms with E-state index in [9.17, 15) is 14.0 Å². The summed E-state index contributed by atoms with van der Waals surface area (Å²) in [5.74, 6) is 0.428. The third kappa shape index (κ3) is 6.92. The van der Waals surface area contributed by atoms with Crippen molar-refractivity contribution in [2.45, 2.75) is 32.2 Å². The van der Waals surface area contributed by atoms with Crippen LogP contribution in [0.2, 0.25) is 0 Å². The summed E-state index contributed by atoms with van der Waals surface area (Å²) in [7, 11) is 1.82. The molecule has 0 saturated carbocycles. The Kier molecular flexibility index (Phi) is 8.18. The molecule has 2 heterocycles. The summed E-state index contributed by atoms with van der Waals surface area (Å²) in [4.78, 5) is 30.8. The fourth-order valence-corrected chi connectivity index (χ4v) is 5.14. The zero-order valence-electron chi connectivity index (χ0n) is 20.0. The fraction of sp³-hybridized carbons (Fsp3) is 0.357. The molecule has 35 heavy (non-hydrogen) atoms. The van der Waals surface area contributed by atoms with Crippen molar-refractivity contribution in [3.05, 3.63) is 88.4 Å². The molecule has 2 aromatic carbocycles. The van der Waals surface area contributed by atoms with E-state index >= 15 is 0 Å². The number of hydrogen-bond acceptors (Lipinski definition) is 4. The van der Waals surface area contributed by atoms with Gasteiger partial charge < -0.3 is 14.5 Å². The molecule has 0 unspecified atom stereocenters. The lowest BCUT2D eigenvalue weighted by Gasteiger charge is -2.42. The van der Waals surface area contributed by atoms with Gasteiger partial charge in [0.15, 0.2) is 0 Å². The molecule has 0 spiro atoms. The summed E-state index contributed by atoms with van der Waals surface area (Å²) in [5.41, 5.74) is 0.685. The largest absolute Gasteiger partial charge is 0.493 e. The van der Waals surface area contributed by atoms with Gasteiger partial charge in [0.1, 0.15) is 11.6 Å². The molecule has 184 valence electrons. The molecule has 1 aliphatic rings. The number of amides is 2. The first kappa shape index (κ1) is 24.9. The van der Waals surface area contributed by atoms with Gasteiger partial charge in [-0.15, -0.1) is 11.3 Å². The molecule has 5 nitrogen and oxygen atoms in total. The first-order valence-electron chi connectivity index (χ1n) is 11.9. The topological polar surface area (TPSA) is 49.9 Å². The predicted molar refractivity (Wildman–Crippen MR) is 136 cm³/mol. The van der Waals surface area contributed by atoms with Gasteiger partial charge in [-0.25, -0.2) is 4.39 Å². The number of ether oxygens (including phenoxy) is 1. The van der Waals surface area contributed by atoms with E-state index < -0.39 is 5.41 Å². The second-order valence-electron chi connectivity index (χ2n) is 9.29. The van der Waals surface area contributed by atoms with Crippen LogP contribution in [0.1, 0.15) is 29.7 Å². The summed E-state index contributed by atoms with van der Waals surface area (Å²) < 4.78 is 19.4. The summed E-state index contributed by atoms with van der Waals surface area (Å²) in [6.07, 6.45) is 2.10. The van der Waals surface area contributed by atoms with Crippen molar-refractivity contribution >= 4 is 23.2 Å². The Labute approximate surface area is 210 Å². The molecule has 0 radical (unpaired) electrons. The highest BCUT2D eigenvalue weighted by Crippen LogP contribution is 2.37. The lowest BCUT2D eigenvalue weighted by Crippen LogP contribution is -2.47. The SMILES string of the molecule is CN(Cc1ccccc1)C(=O)CC1(COc2ccc(F)cc2)CCN(C(=O)Cc2cccs2)CC1. The maximum absolute atomic E-state index is 13.3. The predicted octanol–water partition coefficient (Wildman–Crippen LogP) is 5.17. The van der Waals surface area contributed by atoms with Crippen LogP contribution < -0.4 is 4.74 Å². The van der Waals surface area contributed by atoms with Gasteiger partial charge in [-0.3, -0.25) is 9.59 Å². The molecule has 1 fully saturated rings. The van der Waals surface area contributed by atoms with E-state index in [0.717, 1.165) is 10.4 Å². The number of piperidine rings is 1. The average Bonchev–Trinajstić information content (AvgIpc) is 3.38. The van der Waals surface area contributed by atoms with Crippen LogP contribution in [0.25, 0.3) is 0 Å². The molecule has 2 amide bonds. The van der Waals surface area contributed by atoms with Gasteiger partial charge in [-0.05, 0) is 54.1 Å². The van der Waals surface area contributed by atoms with Crippen molar-refractivity contribution in [3.63, 3.8) is 0 Å². The Morgan fingerprint density at radius 3 is 2.40 bits per heavy atom. The maximum atomic E-state index is 13.3. The monoisotopic (exact) mass is 494 g/mol. The first-order valence-corrected chi connectivity index (χ1v) is 12.8. The van der Waals surface area contributed by atoms with Crippen LogP contribution in [0.3, 0.4) is 0 Å². The number of halogens is 1. The van der Waals surface area contributed by atoms with Crippen molar-refractivity contribution in [2.24, 2.45) is 5.41 Å². The van der Waals surface area contributed by atoms with E-state index in [1.165, 1.54) is 12.1 Å². The van der Waals surface area contributed by atoms with Crippen molar-refractivity contribution < 1.29 is 18.7 Å². The third-order valence-corrected chi connectivity index (χ3v) is 7.53. The Balaban J connectivity index is 1.41. The minimum atomic E-state index is -0.393. The fourth-order valence-electron chi connectivity index (χ4n) is 4.45. The van der Waals surface area contributed by atoms with Gasteiger partial charge in [0.25, 0.3) is 0 Å². The molecule has 0 aliphatic carbocycles. The zero-order valence-corrected chi connectivity index (χ0v) is 20.8. The molecular weight excluding hydrogens is 463 g/mol. The molecule has 1 aromatic heterocycles. The number of carbonyl (C=O) groups is 2. The Morgan fingerprint density at radius 2 is 1.74 bits per heavy atom. The smallest absolute Gasteiger partial charge is 0.227 e. The third-order valence-electron chi connectivity index (χ3n) is 6.66. The van der Waals surface area contributed by atoms with Crippen molar-refractivity contribution in [1.82, 2.24) is 9.80 Å². The molecular formula is C28H31FN2O3S. The van der Waals surface area contributed by atoms with Crippen LogP contribution in [0.4, 0.5) is 4.39 Å². The van der Waals surface area contributed by atoms with Crippen molar-refractivity contribution in [3.8, 4) is 5.75 Å². The van der Waals surface area contributed by atoms with Crippen LogP contribution in [0.5, 0.6) is 5.75 Å². The number of likely N-dealkylation sites (tertiary alicyclic amines) is 1. The summed E-state index contributed by atoms with van der Waals surface area (Å²) in [5, 5.41) is 1.98. The van der Waals surface area contributed by atoms with E-state index in [2.05, 4.69) is 0 Å². The highest BCUT2D eigenvalue weighted by atomic mass is 32.1. The number of nitrogens with zero attached hydrogens (tertiary/aromatic N) is 2. The van der Waals surface area contributed by atoms with Gasteiger partial charge in [0.05, 0.1) is 13.0 Å². The summed E-state index contributed by atoms with van der Waals surface area (Å²) in [6, 6.07) is 19.8. The Bertz CT molecular complexity index is 1100. The molecule has 0 bridgehead atoms. The minimum Gasteiger partial charge on any atom is -0.493 e. The second-order valence-corrected chi connectivity index (χ2v) is 10.3. The highest BCUT2D eigenvalue weighted by molar-refractivity contribution is 7.10. The van der Waals surface area contributed by atoms with Crippen LogP contribution in [-0.4, -0.2) is 48.4 Å². The van der Waals surface area contributed by atoms with Crippen LogP contribution in [0.15, 0.2) is 72.1 Å². The molecule has 3 aromatic rings. The average molecular weight is 495 g/mol. The Morgan fingerprint density at radius 1 is 1.03 bits per heavy atom. The molecule has 0 N–H and O–H groups in total. The second kappa shape index (κ2) is 11.5. The highest BCUT2D eigenvalue weighted by Gasteiger charge is 2.39. The number of hydrogen-bond donors (Lipinski definition) is 0. The van der Waals surface area contributed by atoms with Gasteiger partial charge >= 0.3 is 0 Å². The van der Waals surface area contributed by atoms with Gasteiger partial charge in [-0.2, -0.15) is 0 Å². The number of rotatable bonds is 9. The number of carbonyl (C=O) groups excluding carboxylic acids is 2. The lowest BCUT2D eigenvalue weighted by molar-refractivity contribution is -0.137. The number of thiophene rings is 1. The van der Waals surface area contributed by atoms with E-state index in [0.29, 0.717) is 57.7 Å². The van der Waals surface area contributed by atoms with Gasteiger partial charge in [-0.1, -0.05) is 36.4 Å². The minimum absolute atomic E-state index is 0.0509. The van der Waals surface area contributed by atoms with E-state index in [4.69, 9.17) is 4.74 Å². The summed E-state index contributed by atoms with van der Waals surface area (Å²) >= 11 is 1.59.